The number of ether oxygens (including phenoxy) is 1. The van der Waals surface area contributed by atoms with E-state index in [-0.39, 0.29) is 6.61 Å². The number of hydrogen-bond acceptors (Lipinski definition) is 2. The summed E-state index contributed by atoms with van der Waals surface area (Å²) in [6.07, 6.45) is 0.988. The van der Waals surface area contributed by atoms with Gasteiger partial charge >= 0.3 is 0 Å². The van der Waals surface area contributed by atoms with Crippen LogP contribution < -0.4 is 0 Å². The molecule has 2 heteroatoms. The van der Waals surface area contributed by atoms with E-state index in [1.807, 2.05) is 13.0 Å². The Labute approximate surface area is 43.7 Å². The van der Waals surface area contributed by atoms with Gasteiger partial charge in [0.2, 0.25) is 0 Å². The molecule has 0 rings (SSSR count). The van der Waals surface area contributed by atoms with Crippen LogP contribution in [0.15, 0.2) is 0 Å². The third kappa shape index (κ3) is 5.45. The summed E-state index contributed by atoms with van der Waals surface area (Å²) in [4.78, 5) is 0. The predicted molar refractivity (Wildman–Crippen MR) is 26.7 cm³/mol. The van der Waals surface area contributed by atoms with Crippen molar-refractivity contribution in [1.29, 1.82) is 5.26 Å². The number of nitrogens with zero attached hydrogens (tertiary/aromatic N) is 1. The maximum absolute atomic E-state index is 7.92. The molecular weight excluding hydrogens is 90.1 g/mol. The molecule has 7 heavy (non-hydrogen) atoms. The molecule has 0 aromatic rings. The van der Waals surface area contributed by atoms with Crippen LogP contribution in [0, 0.1) is 11.3 Å². The molecule has 0 fully saturated rings. The molecule has 0 heterocycles. The zero-order valence-corrected chi connectivity index (χ0v) is 4.48. The van der Waals surface area contributed by atoms with Gasteiger partial charge in [0.05, 0.1) is 6.07 Å². The summed E-state index contributed by atoms with van der Waals surface area (Å²) < 4.78 is 4.77. The van der Waals surface area contributed by atoms with Crippen LogP contribution in [0.25, 0.3) is 0 Å². The van der Waals surface area contributed by atoms with E-state index in [4.69, 9.17) is 10.00 Å². The van der Waals surface area contributed by atoms with Crippen molar-refractivity contribution < 1.29 is 4.74 Å². The maximum atomic E-state index is 7.92. The van der Waals surface area contributed by atoms with Gasteiger partial charge in [-0.05, 0) is 6.42 Å². The van der Waals surface area contributed by atoms with Crippen LogP contribution in [0.1, 0.15) is 13.3 Å². The first-order chi connectivity index (χ1) is 3.41. The summed E-state index contributed by atoms with van der Waals surface area (Å²) >= 11 is 0. The zero-order valence-electron chi connectivity index (χ0n) is 4.48. The van der Waals surface area contributed by atoms with Gasteiger partial charge in [-0.1, -0.05) is 6.92 Å². The first-order valence-electron chi connectivity index (χ1n) is 2.36. The van der Waals surface area contributed by atoms with Gasteiger partial charge in [0, 0.05) is 6.61 Å². The standard InChI is InChI=1S/C5H9NO/c1-2-4-7-5-3-6/h2,4-5H2,1H3. The Hall–Kier alpha value is -0.550. The van der Waals surface area contributed by atoms with E-state index in [0.717, 1.165) is 6.42 Å². The first kappa shape index (κ1) is 6.45. The van der Waals surface area contributed by atoms with Crippen molar-refractivity contribution in [3.8, 4) is 6.07 Å². The Morgan fingerprint density at radius 2 is 2.43 bits per heavy atom. The van der Waals surface area contributed by atoms with Gasteiger partial charge in [-0.3, -0.25) is 0 Å². The molecule has 0 aromatic heterocycles. The van der Waals surface area contributed by atoms with Crippen molar-refractivity contribution in [3.05, 3.63) is 0 Å². The zero-order chi connectivity index (χ0) is 5.54. The highest BCUT2D eigenvalue weighted by molar-refractivity contribution is 4.65. The molecular formula is C5H9NO. The van der Waals surface area contributed by atoms with Crippen molar-refractivity contribution in [2.24, 2.45) is 0 Å². The van der Waals surface area contributed by atoms with E-state index >= 15 is 0 Å². The number of nitriles is 1. The summed E-state index contributed by atoms with van der Waals surface area (Å²) in [6, 6.07) is 1.88. The molecule has 0 saturated carbocycles. The van der Waals surface area contributed by atoms with Crippen molar-refractivity contribution in [2.45, 2.75) is 13.3 Å². The van der Waals surface area contributed by atoms with Gasteiger partial charge in [0.15, 0.2) is 0 Å². The quantitative estimate of drug-likeness (QED) is 0.493. The minimum absolute atomic E-state index is 0.230. The van der Waals surface area contributed by atoms with Crippen molar-refractivity contribution in [1.82, 2.24) is 0 Å². The molecule has 0 unspecified atom stereocenters. The van der Waals surface area contributed by atoms with E-state index in [1.165, 1.54) is 0 Å². The topological polar surface area (TPSA) is 33.0 Å². The van der Waals surface area contributed by atoms with Crippen LogP contribution in [-0.2, 0) is 4.74 Å². The van der Waals surface area contributed by atoms with Crippen LogP contribution in [0.3, 0.4) is 0 Å². The molecule has 0 aliphatic heterocycles. The third-order valence-corrected chi connectivity index (χ3v) is 0.515. The van der Waals surface area contributed by atoms with Crippen LogP contribution >= 0.6 is 0 Å². The second-order valence-corrected chi connectivity index (χ2v) is 1.21. The monoisotopic (exact) mass is 99.1 g/mol. The van der Waals surface area contributed by atoms with Gasteiger partial charge in [-0.25, -0.2) is 0 Å². The van der Waals surface area contributed by atoms with Crippen LogP contribution in [0.4, 0.5) is 0 Å². The van der Waals surface area contributed by atoms with E-state index in [2.05, 4.69) is 0 Å². The molecule has 2 nitrogen and oxygen atoms in total. The summed E-state index contributed by atoms with van der Waals surface area (Å²) in [5, 5.41) is 7.92. The van der Waals surface area contributed by atoms with Gasteiger partial charge in [-0.2, -0.15) is 5.26 Å². The smallest absolute Gasteiger partial charge is 0.133 e. The third-order valence-electron chi connectivity index (χ3n) is 0.515. The van der Waals surface area contributed by atoms with Crippen molar-refractivity contribution in [3.63, 3.8) is 0 Å². The average Bonchev–Trinajstić information content (AvgIpc) is 1.69. The van der Waals surface area contributed by atoms with Crippen molar-refractivity contribution in [2.75, 3.05) is 13.2 Å². The lowest BCUT2D eigenvalue weighted by Crippen LogP contribution is -1.90. The molecule has 40 valence electrons. The Morgan fingerprint density at radius 3 is 2.86 bits per heavy atom. The summed E-state index contributed by atoms with van der Waals surface area (Å²) in [6.45, 7) is 2.94. The highest BCUT2D eigenvalue weighted by atomic mass is 16.5. The predicted octanol–water partition coefficient (Wildman–Crippen LogP) is 0.937. The molecule has 0 spiro atoms. The Kier molecular flexibility index (Phi) is 5.02. The van der Waals surface area contributed by atoms with E-state index in [1.54, 1.807) is 0 Å². The summed E-state index contributed by atoms with van der Waals surface area (Å²) in [5.74, 6) is 0. The van der Waals surface area contributed by atoms with Gasteiger partial charge in [0.1, 0.15) is 6.61 Å². The van der Waals surface area contributed by atoms with Gasteiger partial charge in [0.25, 0.3) is 0 Å². The average molecular weight is 99.1 g/mol. The highest BCUT2D eigenvalue weighted by Crippen LogP contribution is 1.76. The lowest BCUT2D eigenvalue weighted by Gasteiger charge is -1.89. The van der Waals surface area contributed by atoms with Crippen LogP contribution in [-0.4, -0.2) is 13.2 Å². The molecule has 0 amide bonds. The van der Waals surface area contributed by atoms with E-state index < -0.39 is 0 Å². The second-order valence-electron chi connectivity index (χ2n) is 1.21. The Morgan fingerprint density at radius 1 is 1.71 bits per heavy atom. The second kappa shape index (κ2) is 5.45. The maximum Gasteiger partial charge on any atom is 0.133 e. The molecule has 0 atom stereocenters. The van der Waals surface area contributed by atoms with Crippen molar-refractivity contribution >= 4 is 0 Å². The lowest BCUT2D eigenvalue weighted by molar-refractivity contribution is 0.166. The Bertz CT molecular complexity index is 65.0. The van der Waals surface area contributed by atoms with E-state index in [0.29, 0.717) is 6.61 Å². The fraction of sp³-hybridized carbons (Fsp3) is 0.800. The Balaban J connectivity index is 2.60. The first-order valence-corrected chi connectivity index (χ1v) is 2.36. The van der Waals surface area contributed by atoms with Crippen LogP contribution in [0.2, 0.25) is 0 Å². The minimum atomic E-state index is 0.230. The fourth-order valence-electron chi connectivity index (χ4n) is 0.262. The van der Waals surface area contributed by atoms with Gasteiger partial charge in [-0.15, -0.1) is 0 Å². The van der Waals surface area contributed by atoms with Gasteiger partial charge < -0.3 is 4.74 Å². The molecule has 0 saturated heterocycles. The molecule has 0 aromatic carbocycles. The number of rotatable bonds is 3. The number of hydrogen-bond donors (Lipinski definition) is 0. The minimum Gasteiger partial charge on any atom is -0.367 e. The van der Waals surface area contributed by atoms with Crippen LogP contribution in [0.5, 0.6) is 0 Å². The SMILES string of the molecule is CCCOCC#N. The summed E-state index contributed by atoms with van der Waals surface area (Å²) in [7, 11) is 0. The molecule has 0 N–H and O–H groups in total. The molecule has 0 aliphatic rings. The fourth-order valence-corrected chi connectivity index (χ4v) is 0.262. The highest BCUT2D eigenvalue weighted by Gasteiger charge is 1.77. The molecule has 0 aliphatic carbocycles. The van der Waals surface area contributed by atoms with E-state index in [9.17, 15) is 0 Å². The molecule has 0 radical (unpaired) electrons. The molecule has 0 bridgehead atoms. The summed E-state index contributed by atoms with van der Waals surface area (Å²) in [5.41, 5.74) is 0. The lowest BCUT2D eigenvalue weighted by atomic mass is 10.5. The largest absolute Gasteiger partial charge is 0.367 e. The normalized spacial score (nSPS) is 8.00.